The van der Waals surface area contributed by atoms with Crippen LogP contribution in [0.15, 0.2) is 54.6 Å². The SMILES string of the molecule is CCOC(=O)c1ccc2c(c1)[nH]c(=S)n2C.Cn1c(=S)[nH]c2c3ccccc3ccc21. The van der Waals surface area contributed by atoms with Gasteiger partial charge in [-0.15, -0.1) is 0 Å². The third-order valence-corrected chi connectivity index (χ3v) is 5.97. The Bertz CT molecular complexity index is 1540. The number of rotatable bonds is 2. The lowest BCUT2D eigenvalue weighted by atomic mass is 10.1. The zero-order valence-electron chi connectivity index (χ0n) is 17.4. The first kappa shape index (κ1) is 21.0. The maximum Gasteiger partial charge on any atom is 0.338 e. The summed E-state index contributed by atoms with van der Waals surface area (Å²) in [6.45, 7) is 2.16. The molecular formula is C23H22N4O2S2. The minimum absolute atomic E-state index is 0.312. The van der Waals surface area contributed by atoms with Gasteiger partial charge in [-0.25, -0.2) is 4.79 Å². The summed E-state index contributed by atoms with van der Waals surface area (Å²) < 4.78 is 10.2. The second kappa shape index (κ2) is 8.49. The van der Waals surface area contributed by atoms with Crippen LogP contribution in [0, 0.1) is 9.54 Å². The number of carbonyl (C=O) groups excluding carboxylic acids is 1. The van der Waals surface area contributed by atoms with Crippen molar-refractivity contribution < 1.29 is 9.53 Å². The highest BCUT2D eigenvalue weighted by Gasteiger charge is 2.09. The fourth-order valence-corrected chi connectivity index (χ4v) is 3.96. The molecule has 0 aliphatic heterocycles. The molecule has 0 fully saturated rings. The van der Waals surface area contributed by atoms with Gasteiger partial charge in [0, 0.05) is 19.5 Å². The summed E-state index contributed by atoms with van der Waals surface area (Å²) in [7, 11) is 3.86. The van der Waals surface area contributed by atoms with E-state index in [9.17, 15) is 4.79 Å². The Morgan fingerprint density at radius 2 is 1.61 bits per heavy atom. The summed E-state index contributed by atoms with van der Waals surface area (Å²) in [6, 6.07) is 17.9. The van der Waals surface area contributed by atoms with Gasteiger partial charge in [0.2, 0.25) is 0 Å². The summed E-state index contributed by atoms with van der Waals surface area (Å²) in [5, 5.41) is 2.46. The topological polar surface area (TPSA) is 67.7 Å². The molecule has 2 aromatic heterocycles. The van der Waals surface area contributed by atoms with Gasteiger partial charge in [0.05, 0.1) is 34.2 Å². The van der Waals surface area contributed by atoms with Crippen LogP contribution in [-0.2, 0) is 18.8 Å². The van der Waals surface area contributed by atoms with Crippen LogP contribution in [0.2, 0.25) is 0 Å². The number of carbonyl (C=O) groups is 1. The number of hydrogen-bond donors (Lipinski definition) is 2. The van der Waals surface area contributed by atoms with Gasteiger partial charge in [0.25, 0.3) is 0 Å². The lowest BCUT2D eigenvalue weighted by Crippen LogP contribution is -2.04. The number of nitrogens with zero attached hydrogens (tertiary/aromatic N) is 2. The summed E-state index contributed by atoms with van der Waals surface area (Å²) in [5.74, 6) is -0.312. The Hall–Kier alpha value is -3.23. The largest absolute Gasteiger partial charge is 0.462 e. The predicted octanol–water partition coefficient (Wildman–Crippen LogP) is 5.80. The number of ether oxygens (including phenoxy) is 1. The quantitative estimate of drug-likeness (QED) is 0.263. The Morgan fingerprint density at radius 1 is 0.935 bits per heavy atom. The first-order chi connectivity index (χ1) is 14.9. The molecule has 6 nitrogen and oxygen atoms in total. The number of aromatic nitrogens is 4. The average molecular weight is 451 g/mol. The van der Waals surface area contributed by atoms with Gasteiger partial charge in [0.15, 0.2) is 9.54 Å². The van der Waals surface area contributed by atoms with E-state index in [1.807, 2.05) is 41.4 Å². The molecule has 8 heteroatoms. The molecule has 0 aliphatic carbocycles. The van der Waals surface area contributed by atoms with Gasteiger partial charge >= 0.3 is 5.97 Å². The number of hydrogen-bond acceptors (Lipinski definition) is 4. The van der Waals surface area contributed by atoms with Crippen molar-refractivity contribution in [1.29, 1.82) is 0 Å². The minimum Gasteiger partial charge on any atom is -0.462 e. The van der Waals surface area contributed by atoms with Crippen molar-refractivity contribution in [2.24, 2.45) is 14.1 Å². The molecule has 2 N–H and O–H groups in total. The van der Waals surface area contributed by atoms with Crippen LogP contribution in [0.1, 0.15) is 17.3 Å². The Balaban J connectivity index is 0.000000149. The van der Waals surface area contributed by atoms with E-state index in [1.165, 1.54) is 10.8 Å². The predicted molar refractivity (Wildman–Crippen MR) is 130 cm³/mol. The first-order valence-corrected chi connectivity index (χ1v) is 10.6. The number of esters is 1. The molecule has 0 atom stereocenters. The van der Waals surface area contributed by atoms with Gasteiger partial charge in [-0.3, -0.25) is 0 Å². The fraction of sp³-hybridized carbons (Fsp3) is 0.174. The van der Waals surface area contributed by atoms with E-state index < -0.39 is 0 Å². The van der Waals surface area contributed by atoms with E-state index in [0.29, 0.717) is 16.9 Å². The zero-order valence-corrected chi connectivity index (χ0v) is 19.1. The molecule has 0 saturated carbocycles. The van der Waals surface area contributed by atoms with Crippen LogP contribution in [0.4, 0.5) is 0 Å². The second-order valence-electron chi connectivity index (χ2n) is 7.11. The van der Waals surface area contributed by atoms with E-state index >= 15 is 0 Å². The molecular weight excluding hydrogens is 428 g/mol. The van der Waals surface area contributed by atoms with E-state index in [0.717, 1.165) is 26.8 Å². The maximum atomic E-state index is 11.5. The Kier molecular flexibility index (Phi) is 5.75. The van der Waals surface area contributed by atoms with Crippen LogP contribution >= 0.6 is 24.4 Å². The standard InChI is InChI=1S/C12H10N2S.C11H12N2O2S/c1-14-10-7-6-8-4-2-3-5-9(8)11(10)13-12(14)15;1-3-15-10(14)7-4-5-9-8(6-7)12-11(16)13(9)2/h2-7H,1H3,(H,13,15);4-6H,3H2,1-2H3,(H,12,16). The van der Waals surface area contributed by atoms with E-state index in [-0.39, 0.29) is 5.97 Å². The monoisotopic (exact) mass is 450 g/mol. The van der Waals surface area contributed by atoms with Gasteiger partial charge < -0.3 is 23.8 Å². The van der Waals surface area contributed by atoms with E-state index in [2.05, 4.69) is 34.2 Å². The molecule has 0 amide bonds. The lowest BCUT2D eigenvalue weighted by molar-refractivity contribution is 0.0526. The summed E-state index contributed by atoms with van der Waals surface area (Å²) >= 11 is 10.3. The van der Waals surface area contributed by atoms with Crippen LogP contribution < -0.4 is 0 Å². The van der Waals surface area contributed by atoms with Gasteiger partial charge in [0.1, 0.15) is 0 Å². The van der Waals surface area contributed by atoms with Crippen molar-refractivity contribution in [3.05, 3.63) is 69.7 Å². The van der Waals surface area contributed by atoms with Gasteiger partial charge in [-0.2, -0.15) is 0 Å². The number of fused-ring (bicyclic) bond motifs is 4. The van der Waals surface area contributed by atoms with Gasteiger partial charge in [-0.05, 0) is 61.0 Å². The molecule has 0 spiro atoms. The number of aryl methyl sites for hydroxylation is 2. The number of imidazole rings is 2. The van der Waals surface area contributed by atoms with Crippen LogP contribution in [0.25, 0.3) is 32.8 Å². The number of benzene rings is 3. The van der Waals surface area contributed by atoms with Crippen LogP contribution in [0.3, 0.4) is 0 Å². The van der Waals surface area contributed by atoms with Crippen molar-refractivity contribution in [3.63, 3.8) is 0 Å². The average Bonchev–Trinajstić information content (AvgIpc) is 3.23. The molecule has 0 aliphatic rings. The molecule has 31 heavy (non-hydrogen) atoms. The van der Waals surface area contributed by atoms with Crippen LogP contribution in [0.5, 0.6) is 0 Å². The molecule has 0 saturated heterocycles. The maximum absolute atomic E-state index is 11.5. The molecule has 0 unspecified atom stereocenters. The highest BCUT2D eigenvalue weighted by molar-refractivity contribution is 7.71. The normalized spacial score (nSPS) is 10.9. The van der Waals surface area contributed by atoms with E-state index in [1.54, 1.807) is 19.1 Å². The number of nitrogens with one attached hydrogen (secondary N) is 2. The Labute approximate surface area is 189 Å². The minimum atomic E-state index is -0.312. The Morgan fingerprint density at radius 3 is 2.39 bits per heavy atom. The molecule has 158 valence electrons. The highest BCUT2D eigenvalue weighted by atomic mass is 32.1. The zero-order chi connectivity index (χ0) is 22.1. The highest BCUT2D eigenvalue weighted by Crippen LogP contribution is 2.23. The summed E-state index contributed by atoms with van der Waals surface area (Å²) in [6.07, 6.45) is 0. The number of aromatic amines is 2. The van der Waals surface area contributed by atoms with Crippen molar-refractivity contribution >= 4 is 63.2 Å². The summed E-state index contributed by atoms with van der Waals surface area (Å²) in [5.41, 5.74) is 4.63. The van der Waals surface area contributed by atoms with Crippen molar-refractivity contribution in [2.75, 3.05) is 6.61 Å². The van der Waals surface area contributed by atoms with Crippen molar-refractivity contribution in [3.8, 4) is 0 Å². The molecule has 0 radical (unpaired) electrons. The fourth-order valence-electron chi connectivity index (χ4n) is 3.55. The van der Waals surface area contributed by atoms with Crippen LogP contribution in [-0.4, -0.2) is 31.7 Å². The lowest BCUT2D eigenvalue weighted by Gasteiger charge is -2.01. The summed E-state index contributed by atoms with van der Waals surface area (Å²) in [4.78, 5) is 17.8. The second-order valence-corrected chi connectivity index (χ2v) is 7.88. The van der Waals surface area contributed by atoms with E-state index in [4.69, 9.17) is 29.2 Å². The molecule has 5 aromatic rings. The third kappa shape index (κ3) is 3.92. The molecule has 2 heterocycles. The molecule has 3 aromatic carbocycles. The van der Waals surface area contributed by atoms with Crippen molar-refractivity contribution in [1.82, 2.24) is 19.1 Å². The third-order valence-electron chi connectivity index (χ3n) is 5.22. The smallest absolute Gasteiger partial charge is 0.338 e. The first-order valence-electron chi connectivity index (χ1n) is 9.83. The number of H-pyrrole nitrogens is 2. The molecule has 5 rings (SSSR count). The van der Waals surface area contributed by atoms with Gasteiger partial charge in [-0.1, -0.05) is 30.3 Å². The molecule has 0 bridgehead atoms. The van der Waals surface area contributed by atoms with Crippen molar-refractivity contribution in [2.45, 2.75) is 6.92 Å².